The van der Waals surface area contributed by atoms with Crippen LogP contribution in [0.4, 0.5) is 0 Å². The topological polar surface area (TPSA) is 49.3 Å². The van der Waals surface area contributed by atoms with Gasteiger partial charge in [0.05, 0.1) is 12.1 Å². The van der Waals surface area contributed by atoms with Crippen molar-refractivity contribution in [2.24, 2.45) is 5.92 Å². The minimum absolute atomic E-state index is 0.0206. The van der Waals surface area contributed by atoms with Crippen molar-refractivity contribution in [3.05, 3.63) is 29.3 Å². The lowest BCUT2D eigenvalue weighted by atomic mass is 9.77. The van der Waals surface area contributed by atoms with Crippen LogP contribution >= 0.6 is 11.8 Å². The molecule has 0 saturated heterocycles. The minimum Gasteiger partial charge on any atom is -0.394 e. The second kappa shape index (κ2) is 6.84. The molecule has 4 heteroatoms. The van der Waals surface area contributed by atoms with Crippen LogP contribution in [0.15, 0.2) is 23.1 Å². The van der Waals surface area contributed by atoms with E-state index in [-0.39, 0.29) is 12.5 Å². The van der Waals surface area contributed by atoms with Gasteiger partial charge in [0.25, 0.3) is 5.91 Å². The van der Waals surface area contributed by atoms with E-state index in [4.69, 9.17) is 0 Å². The van der Waals surface area contributed by atoms with E-state index >= 15 is 0 Å². The predicted octanol–water partition coefficient (Wildman–Crippen LogP) is 3.39. The molecule has 0 aliphatic heterocycles. The highest BCUT2D eigenvalue weighted by Gasteiger charge is 2.35. The quantitative estimate of drug-likeness (QED) is 0.838. The van der Waals surface area contributed by atoms with Crippen molar-refractivity contribution in [1.29, 1.82) is 0 Å². The number of carbonyl (C=O) groups excluding carboxylic acids is 1. The maximum Gasteiger partial charge on any atom is 0.252 e. The molecule has 1 aliphatic carbocycles. The molecule has 0 bridgehead atoms. The van der Waals surface area contributed by atoms with Crippen LogP contribution in [0.2, 0.25) is 0 Å². The van der Waals surface area contributed by atoms with Crippen LogP contribution in [0, 0.1) is 12.8 Å². The van der Waals surface area contributed by atoms with Crippen LogP contribution < -0.4 is 5.32 Å². The van der Waals surface area contributed by atoms with Crippen LogP contribution in [-0.4, -0.2) is 29.4 Å². The Morgan fingerprint density at radius 1 is 1.43 bits per heavy atom. The van der Waals surface area contributed by atoms with Gasteiger partial charge < -0.3 is 10.4 Å². The van der Waals surface area contributed by atoms with Gasteiger partial charge in [0.15, 0.2) is 0 Å². The van der Waals surface area contributed by atoms with E-state index in [1.165, 1.54) is 0 Å². The van der Waals surface area contributed by atoms with E-state index in [1.54, 1.807) is 11.8 Å². The first-order chi connectivity index (χ1) is 9.99. The van der Waals surface area contributed by atoms with E-state index in [9.17, 15) is 9.90 Å². The van der Waals surface area contributed by atoms with Crippen molar-refractivity contribution >= 4 is 17.7 Å². The molecular weight excluding hydrogens is 282 g/mol. The Kier molecular flexibility index (Phi) is 5.33. The maximum atomic E-state index is 12.6. The van der Waals surface area contributed by atoms with Crippen molar-refractivity contribution < 1.29 is 9.90 Å². The standard InChI is InChI=1S/C17H25NO2S/c1-12-6-8-17(11-19,9-7-12)18-16(20)15-10-14(21-3)5-4-13(15)2/h4-5,10,12,19H,6-9,11H2,1-3H3,(H,18,20). The summed E-state index contributed by atoms with van der Waals surface area (Å²) in [6.45, 7) is 4.20. The molecule has 1 aromatic rings. The van der Waals surface area contributed by atoms with E-state index in [2.05, 4.69) is 12.2 Å². The summed E-state index contributed by atoms with van der Waals surface area (Å²) < 4.78 is 0. The number of aliphatic hydroxyl groups excluding tert-OH is 1. The number of nitrogens with one attached hydrogen (secondary N) is 1. The monoisotopic (exact) mass is 307 g/mol. The summed E-state index contributed by atoms with van der Waals surface area (Å²) in [5, 5.41) is 12.9. The first-order valence-electron chi connectivity index (χ1n) is 7.58. The third kappa shape index (κ3) is 3.80. The highest BCUT2D eigenvalue weighted by atomic mass is 32.2. The highest BCUT2D eigenvalue weighted by Crippen LogP contribution is 2.32. The molecule has 0 atom stereocenters. The summed E-state index contributed by atoms with van der Waals surface area (Å²) >= 11 is 1.63. The molecular formula is C17H25NO2S. The maximum absolute atomic E-state index is 12.6. The SMILES string of the molecule is CSc1ccc(C)c(C(=O)NC2(CO)CCC(C)CC2)c1. The zero-order valence-corrected chi connectivity index (χ0v) is 13.9. The van der Waals surface area contributed by atoms with Crippen LogP contribution in [0.5, 0.6) is 0 Å². The number of aliphatic hydroxyl groups is 1. The summed E-state index contributed by atoms with van der Waals surface area (Å²) in [5.74, 6) is 0.620. The number of amides is 1. The predicted molar refractivity (Wildman–Crippen MR) is 87.9 cm³/mol. The average Bonchev–Trinajstić information content (AvgIpc) is 2.50. The molecule has 0 heterocycles. The molecule has 2 rings (SSSR count). The second-order valence-corrected chi connectivity index (χ2v) is 7.14. The summed E-state index contributed by atoms with van der Waals surface area (Å²) in [6.07, 6.45) is 5.84. The van der Waals surface area contributed by atoms with Gasteiger partial charge in [-0.15, -0.1) is 11.8 Å². The fourth-order valence-electron chi connectivity index (χ4n) is 2.92. The smallest absolute Gasteiger partial charge is 0.252 e. The Morgan fingerprint density at radius 3 is 2.67 bits per heavy atom. The average molecular weight is 307 g/mol. The van der Waals surface area contributed by atoms with Gasteiger partial charge in [-0.25, -0.2) is 0 Å². The summed E-state index contributed by atoms with van der Waals surface area (Å²) in [7, 11) is 0. The van der Waals surface area contributed by atoms with Gasteiger partial charge in [-0.1, -0.05) is 13.0 Å². The van der Waals surface area contributed by atoms with Crippen molar-refractivity contribution in [2.75, 3.05) is 12.9 Å². The molecule has 0 unspecified atom stereocenters. The Bertz CT molecular complexity index is 508. The van der Waals surface area contributed by atoms with Gasteiger partial charge in [0.2, 0.25) is 0 Å². The molecule has 1 fully saturated rings. The Balaban J connectivity index is 2.16. The van der Waals surface area contributed by atoms with Crippen LogP contribution in [0.3, 0.4) is 0 Å². The van der Waals surface area contributed by atoms with E-state index < -0.39 is 5.54 Å². The highest BCUT2D eigenvalue weighted by molar-refractivity contribution is 7.98. The lowest BCUT2D eigenvalue weighted by Crippen LogP contribution is -2.53. The Hall–Kier alpha value is -1.00. The first kappa shape index (κ1) is 16.4. The normalized spacial score (nSPS) is 25.6. The number of aryl methyl sites for hydroxylation is 1. The third-order valence-corrected chi connectivity index (χ3v) is 5.33. The second-order valence-electron chi connectivity index (χ2n) is 6.26. The Labute approximate surface area is 131 Å². The molecule has 0 spiro atoms. The number of thioether (sulfide) groups is 1. The van der Waals surface area contributed by atoms with Crippen LogP contribution in [-0.2, 0) is 0 Å². The molecule has 21 heavy (non-hydrogen) atoms. The molecule has 2 N–H and O–H groups in total. The van der Waals surface area contributed by atoms with Crippen molar-refractivity contribution in [3.8, 4) is 0 Å². The zero-order chi connectivity index (χ0) is 15.5. The number of benzene rings is 1. The van der Waals surface area contributed by atoms with Gasteiger partial charge in [-0.2, -0.15) is 0 Å². The Morgan fingerprint density at radius 2 is 2.10 bits per heavy atom. The largest absolute Gasteiger partial charge is 0.394 e. The van der Waals surface area contributed by atoms with Crippen molar-refractivity contribution in [2.45, 2.75) is 50.0 Å². The molecule has 116 valence electrons. The molecule has 0 aromatic heterocycles. The van der Waals surface area contributed by atoms with Crippen LogP contribution in [0.25, 0.3) is 0 Å². The van der Waals surface area contributed by atoms with Crippen LogP contribution in [0.1, 0.15) is 48.5 Å². The zero-order valence-electron chi connectivity index (χ0n) is 13.1. The fraction of sp³-hybridized carbons (Fsp3) is 0.588. The molecule has 1 saturated carbocycles. The van der Waals surface area contributed by atoms with Gasteiger partial charge in [-0.3, -0.25) is 4.79 Å². The fourth-order valence-corrected chi connectivity index (χ4v) is 3.36. The lowest BCUT2D eigenvalue weighted by Gasteiger charge is -2.38. The lowest BCUT2D eigenvalue weighted by molar-refractivity contribution is 0.0716. The van der Waals surface area contributed by atoms with E-state index in [1.807, 2.05) is 31.4 Å². The summed E-state index contributed by atoms with van der Waals surface area (Å²) in [4.78, 5) is 13.7. The molecule has 1 aliphatic rings. The summed E-state index contributed by atoms with van der Waals surface area (Å²) in [6, 6.07) is 5.95. The number of carbonyl (C=O) groups is 1. The summed E-state index contributed by atoms with van der Waals surface area (Å²) in [5.41, 5.74) is 1.25. The number of hydrogen-bond acceptors (Lipinski definition) is 3. The van der Waals surface area contributed by atoms with E-state index in [0.29, 0.717) is 11.5 Å². The molecule has 1 aromatic carbocycles. The van der Waals surface area contributed by atoms with Gasteiger partial charge in [-0.05, 0) is 62.5 Å². The van der Waals surface area contributed by atoms with Gasteiger partial charge >= 0.3 is 0 Å². The van der Waals surface area contributed by atoms with Crippen molar-refractivity contribution in [3.63, 3.8) is 0 Å². The first-order valence-corrected chi connectivity index (χ1v) is 8.80. The van der Waals surface area contributed by atoms with Gasteiger partial charge in [0, 0.05) is 10.5 Å². The number of rotatable bonds is 4. The molecule has 1 amide bonds. The number of hydrogen-bond donors (Lipinski definition) is 2. The minimum atomic E-state index is -0.439. The van der Waals surface area contributed by atoms with Gasteiger partial charge in [0.1, 0.15) is 0 Å². The molecule has 3 nitrogen and oxygen atoms in total. The third-order valence-electron chi connectivity index (χ3n) is 4.60. The molecule has 0 radical (unpaired) electrons. The van der Waals surface area contributed by atoms with Crippen molar-refractivity contribution in [1.82, 2.24) is 5.32 Å². The van der Waals surface area contributed by atoms with E-state index in [0.717, 1.165) is 36.1 Å².